The molecule has 5 aromatic rings. The van der Waals surface area contributed by atoms with Gasteiger partial charge < -0.3 is 8.98 Å². The molecule has 0 saturated carbocycles. The fraction of sp³-hybridized carbons (Fsp3) is 0.0417. The van der Waals surface area contributed by atoms with Gasteiger partial charge in [0.25, 0.3) is 5.89 Å². The molecule has 7 nitrogen and oxygen atoms in total. The fourth-order valence-corrected chi connectivity index (χ4v) is 3.30. The lowest BCUT2D eigenvalue weighted by Gasteiger charge is -2.08. The Bertz CT molecular complexity index is 1400. The van der Waals surface area contributed by atoms with Crippen LogP contribution in [0.2, 0.25) is 0 Å². The molecule has 0 fully saturated rings. The molecule has 0 saturated heterocycles. The van der Waals surface area contributed by atoms with E-state index in [1.165, 1.54) is 0 Å². The normalized spacial score (nSPS) is 10.7. The zero-order chi connectivity index (χ0) is 21.2. The highest BCUT2D eigenvalue weighted by Gasteiger charge is 2.16. The average molecular weight is 406 g/mol. The van der Waals surface area contributed by atoms with E-state index in [1.807, 2.05) is 78.4 Å². The van der Waals surface area contributed by atoms with E-state index in [-0.39, 0.29) is 1.43 Å². The number of nitriles is 1. The third kappa shape index (κ3) is 3.47. The van der Waals surface area contributed by atoms with Crippen molar-refractivity contribution >= 4 is 0 Å². The molecule has 0 radical (unpaired) electrons. The first-order chi connectivity index (χ1) is 15.2. The molecular weight excluding hydrogens is 388 g/mol. The maximum atomic E-state index is 9.23. The molecule has 5 rings (SSSR count). The Morgan fingerprint density at radius 1 is 0.903 bits per heavy atom. The summed E-state index contributed by atoms with van der Waals surface area (Å²) in [5, 5.41) is 17.6. The number of aromatic nitrogens is 5. The predicted octanol–water partition coefficient (Wildman–Crippen LogP) is 5.08. The summed E-state index contributed by atoms with van der Waals surface area (Å²) in [5.41, 5.74) is 5.17. The molecule has 2 aromatic carbocycles. The first-order valence-electron chi connectivity index (χ1n) is 9.64. The van der Waals surface area contributed by atoms with E-state index >= 15 is 0 Å². The quantitative estimate of drug-likeness (QED) is 0.413. The van der Waals surface area contributed by atoms with Gasteiger partial charge in [-0.25, -0.2) is 4.98 Å². The third-order valence-electron chi connectivity index (χ3n) is 4.91. The lowest BCUT2D eigenvalue weighted by atomic mass is 10.1. The second-order valence-electron chi connectivity index (χ2n) is 6.89. The maximum Gasteiger partial charge on any atom is 0.268 e. The molecule has 0 spiro atoms. The monoisotopic (exact) mass is 406 g/mol. The Balaban J connectivity index is 0.00000245. The highest BCUT2D eigenvalue weighted by molar-refractivity contribution is 5.64. The first-order valence-corrected chi connectivity index (χ1v) is 9.64. The molecule has 0 aliphatic rings. The van der Waals surface area contributed by atoms with Crippen molar-refractivity contribution in [3.8, 4) is 46.1 Å². The molecule has 0 aliphatic heterocycles. The summed E-state index contributed by atoms with van der Waals surface area (Å²) in [5.74, 6) is 0.764. The van der Waals surface area contributed by atoms with Crippen LogP contribution in [-0.2, 0) is 0 Å². The summed E-state index contributed by atoms with van der Waals surface area (Å²) in [6.07, 6.45) is 3.58. The van der Waals surface area contributed by atoms with Gasteiger partial charge in [-0.2, -0.15) is 5.26 Å². The summed E-state index contributed by atoms with van der Waals surface area (Å²) in [6, 6.07) is 23.2. The molecule has 0 N–H and O–H groups in total. The largest absolute Gasteiger partial charge is 0.415 e. The second kappa shape index (κ2) is 7.69. The van der Waals surface area contributed by atoms with Crippen molar-refractivity contribution in [1.29, 1.82) is 5.26 Å². The van der Waals surface area contributed by atoms with Crippen LogP contribution in [0.3, 0.4) is 0 Å². The van der Waals surface area contributed by atoms with Gasteiger partial charge in [-0.15, -0.1) is 10.2 Å². The highest BCUT2D eigenvalue weighted by Crippen LogP contribution is 2.27. The predicted molar refractivity (Wildman–Crippen MR) is 117 cm³/mol. The lowest BCUT2D eigenvalue weighted by Crippen LogP contribution is -1.97. The van der Waals surface area contributed by atoms with Crippen LogP contribution < -0.4 is 0 Å². The highest BCUT2D eigenvalue weighted by atomic mass is 16.4. The van der Waals surface area contributed by atoms with Crippen LogP contribution in [0.25, 0.3) is 40.0 Å². The van der Waals surface area contributed by atoms with Gasteiger partial charge in [0.2, 0.25) is 5.89 Å². The van der Waals surface area contributed by atoms with Crippen LogP contribution in [0.15, 0.2) is 83.5 Å². The van der Waals surface area contributed by atoms with E-state index in [1.54, 1.807) is 12.3 Å². The van der Waals surface area contributed by atoms with Gasteiger partial charge in [0.15, 0.2) is 0 Å². The van der Waals surface area contributed by atoms with Crippen molar-refractivity contribution in [3.05, 3.63) is 90.5 Å². The van der Waals surface area contributed by atoms with Crippen molar-refractivity contribution in [3.63, 3.8) is 0 Å². The second-order valence-corrected chi connectivity index (χ2v) is 6.89. The van der Waals surface area contributed by atoms with Crippen LogP contribution in [0.4, 0.5) is 0 Å². The van der Waals surface area contributed by atoms with E-state index in [0.717, 1.165) is 16.8 Å². The zero-order valence-corrected chi connectivity index (χ0v) is 16.6. The van der Waals surface area contributed by atoms with Gasteiger partial charge in [0.05, 0.1) is 17.6 Å². The zero-order valence-electron chi connectivity index (χ0n) is 16.6. The number of hydrogen-bond acceptors (Lipinski definition) is 6. The van der Waals surface area contributed by atoms with Crippen LogP contribution in [-0.4, -0.2) is 24.7 Å². The van der Waals surface area contributed by atoms with E-state index in [4.69, 9.17) is 9.40 Å². The molecule has 0 bridgehead atoms. The molecular formula is C24H18N6O. The Morgan fingerprint density at radius 3 is 2.45 bits per heavy atom. The Hall–Kier alpha value is -4.57. The van der Waals surface area contributed by atoms with Gasteiger partial charge in [-0.1, -0.05) is 30.3 Å². The molecule has 31 heavy (non-hydrogen) atoms. The van der Waals surface area contributed by atoms with Crippen LogP contribution >= 0.6 is 0 Å². The molecule has 7 heteroatoms. The van der Waals surface area contributed by atoms with Crippen molar-refractivity contribution in [2.75, 3.05) is 0 Å². The standard InChI is InChI=1S/C24H16N6O.H2/c1-16-22(24-29-28-23(31-24)18-6-3-2-4-7-18)27-21(15-26-16)17-9-11-19(12-10-17)30-13-5-8-20(30)14-25;/h2-13,15H,1H3;1H. The van der Waals surface area contributed by atoms with Crippen molar-refractivity contribution < 1.29 is 5.84 Å². The van der Waals surface area contributed by atoms with Crippen LogP contribution in [0.5, 0.6) is 0 Å². The minimum atomic E-state index is 0. The summed E-state index contributed by atoms with van der Waals surface area (Å²) in [4.78, 5) is 9.20. The van der Waals surface area contributed by atoms with E-state index < -0.39 is 0 Å². The molecule has 0 aliphatic carbocycles. The van der Waals surface area contributed by atoms with E-state index in [0.29, 0.717) is 34.6 Å². The maximum absolute atomic E-state index is 9.23. The van der Waals surface area contributed by atoms with Crippen molar-refractivity contribution in [2.24, 2.45) is 0 Å². The average Bonchev–Trinajstić information content (AvgIpc) is 3.50. The minimum absolute atomic E-state index is 0. The number of rotatable bonds is 4. The lowest BCUT2D eigenvalue weighted by molar-refractivity contribution is 0.581. The summed E-state index contributed by atoms with van der Waals surface area (Å²) < 4.78 is 7.70. The third-order valence-corrected chi connectivity index (χ3v) is 4.91. The summed E-state index contributed by atoms with van der Waals surface area (Å²) in [7, 11) is 0. The SMILES string of the molecule is Cc1ncc(-c2ccc(-n3cccc3C#N)cc2)nc1-c1nnc(-c2ccccc2)o1.[HH]. The number of benzene rings is 2. The Kier molecular flexibility index (Phi) is 4.58. The smallest absolute Gasteiger partial charge is 0.268 e. The van der Waals surface area contributed by atoms with E-state index in [9.17, 15) is 5.26 Å². The summed E-state index contributed by atoms with van der Waals surface area (Å²) >= 11 is 0. The van der Waals surface area contributed by atoms with Crippen LogP contribution in [0.1, 0.15) is 12.8 Å². The topological polar surface area (TPSA) is 93.4 Å². The Labute approximate surface area is 179 Å². The minimum Gasteiger partial charge on any atom is -0.415 e. The first kappa shape index (κ1) is 18.5. The van der Waals surface area contributed by atoms with Gasteiger partial charge in [0, 0.05) is 24.4 Å². The summed E-state index contributed by atoms with van der Waals surface area (Å²) in [6.45, 7) is 1.86. The van der Waals surface area contributed by atoms with Gasteiger partial charge in [-0.05, 0) is 43.3 Å². The number of aryl methyl sites for hydroxylation is 1. The van der Waals surface area contributed by atoms with Gasteiger partial charge in [0.1, 0.15) is 17.5 Å². The Morgan fingerprint density at radius 2 is 1.68 bits per heavy atom. The molecule has 3 aromatic heterocycles. The van der Waals surface area contributed by atoms with Crippen molar-refractivity contribution in [1.82, 2.24) is 24.7 Å². The van der Waals surface area contributed by atoms with E-state index in [2.05, 4.69) is 21.3 Å². The molecule has 0 amide bonds. The fourth-order valence-electron chi connectivity index (χ4n) is 3.30. The van der Waals surface area contributed by atoms with Gasteiger partial charge >= 0.3 is 0 Å². The molecule has 0 unspecified atom stereocenters. The molecule has 3 heterocycles. The van der Waals surface area contributed by atoms with Gasteiger partial charge in [-0.3, -0.25) is 4.98 Å². The van der Waals surface area contributed by atoms with Crippen molar-refractivity contribution in [2.45, 2.75) is 6.92 Å². The van der Waals surface area contributed by atoms with Crippen LogP contribution in [0, 0.1) is 18.3 Å². The molecule has 150 valence electrons. The number of hydrogen-bond donors (Lipinski definition) is 0. The number of nitrogens with zero attached hydrogens (tertiary/aromatic N) is 6. The molecule has 0 atom stereocenters.